The van der Waals surface area contributed by atoms with E-state index in [1.165, 1.54) is 21.6 Å². The Hall–Kier alpha value is -3.80. The zero-order valence-electron chi connectivity index (χ0n) is 20.7. The van der Waals surface area contributed by atoms with Crippen molar-refractivity contribution < 1.29 is 14.6 Å². The smallest absolute Gasteiger partial charge is 0.278 e. The minimum Gasteiger partial charge on any atom is -0.394 e. The quantitative estimate of drug-likeness (QED) is 0.312. The summed E-state index contributed by atoms with van der Waals surface area (Å²) in [5.74, 6) is 0.0229. The number of benzene rings is 1. The number of aliphatic hydroxyl groups excluding tert-OH is 1. The maximum Gasteiger partial charge on any atom is 0.278 e. The molecule has 1 amide bonds. The average molecular weight is 538 g/mol. The molecule has 1 fully saturated rings. The number of anilines is 1. The first-order valence-corrected chi connectivity index (χ1v) is 12.7. The van der Waals surface area contributed by atoms with E-state index in [-0.39, 0.29) is 18.2 Å². The fourth-order valence-electron chi connectivity index (χ4n) is 4.41. The lowest BCUT2D eigenvalue weighted by Gasteiger charge is -2.23. The number of ether oxygens (including phenoxy) is 1. The number of aromatic nitrogens is 5. The Kier molecular flexibility index (Phi) is 7.68. The molecule has 3 N–H and O–H groups in total. The second-order valence-corrected chi connectivity index (χ2v) is 9.56. The van der Waals surface area contributed by atoms with Crippen LogP contribution in [-0.4, -0.2) is 61.0 Å². The number of fused-ring (bicyclic) bond motifs is 1. The number of rotatable bonds is 8. The predicted octanol–water partition coefficient (Wildman–Crippen LogP) is 2.61. The van der Waals surface area contributed by atoms with Crippen LogP contribution in [0.1, 0.15) is 37.4 Å². The molecule has 12 heteroatoms. The lowest BCUT2D eigenvalue weighted by molar-refractivity contribution is -0.125. The van der Waals surface area contributed by atoms with Gasteiger partial charge >= 0.3 is 0 Å². The Morgan fingerprint density at radius 1 is 1.26 bits per heavy atom. The van der Waals surface area contributed by atoms with Crippen LogP contribution in [-0.2, 0) is 9.53 Å². The molecule has 0 bridgehead atoms. The average Bonchev–Trinajstić information content (AvgIpc) is 3.39. The van der Waals surface area contributed by atoms with Gasteiger partial charge in [0.15, 0.2) is 0 Å². The Morgan fingerprint density at radius 3 is 2.76 bits per heavy atom. The minimum absolute atomic E-state index is 0.208. The van der Waals surface area contributed by atoms with E-state index in [0.29, 0.717) is 35.4 Å². The molecular weight excluding hydrogens is 510 g/mol. The largest absolute Gasteiger partial charge is 0.394 e. The summed E-state index contributed by atoms with van der Waals surface area (Å²) in [6.45, 7) is 2.70. The van der Waals surface area contributed by atoms with E-state index >= 15 is 0 Å². The van der Waals surface area contributed by atoms with Crippen LogP contribution in [0, 0.1) is 0 Å². The molecular formula is C26H28ClN7O4. The fraction of sp³-hybridized carbons (Fsp3) is 0.346. The molecule has 1 aliphatic heterocycles. The molecule has 0 radical (unpaired) electrons. The summed E-state index contributed by atoms with van der Waals surface area (Å²) in [6, 6.07) is 9.53. The van der Waals surface area contributed by atoms with E-state index in [1.54, 1.807) is 19.2 Å². The Labute approximate surface area is 223 Å². The molecule has 0 saturated carbocycles. The minimum atomic E-state index is -0.867. The SMILES string of the molecule is CC(C(=O)N[C@H](CO)c1ccccc1)n1cnn2cc(-c3nc(NC4CCOCC4)ncc3Cl)cc2c1=O. The third kappa shape index (κ3) is 5.40. The highest BCUT2D eigenvalue weighted by Gasteiger charge is 2.23. The molecule has 198 valence electrons. The van der Waals surface area contributed by atoms with Gasteiger partial charge in [0.2, 0.25) is 11.9 Å². The standard InChI is InChI=1S/C26H28ClN7O4/c1-16(24(36)31-21(14-35)17-5-3-2-4-6-17)33-15-29-34-13-18(11-22(34)25(33)37)23-20(27)12-28-26(32-23)30-19-7-9-38-10-8-19/h2-6,11-13,15-16,19,21,35H,7-10,14H2,1H3,(H,31,36)(H,28,30,32)/t16?,21-/m1/s1. The molecule has 4 aromatic rings. The van der Waals surface area contributed by atoms with Crippen molar-refractivity contribution in [1.82, 2.24) is 29.5 Å². The second kappa shape index (κ2) is 11.3. The molecule has 1 unspecified atom stereocenters. The summed E-state index contributed by atoms with van der Waals surface area (Å²) < 4.78 is 8.09. The van der Waals surface area contributed by atoms with Crippen LogP contribution >= 0.6 is 11.6 Å². The number of nitrogens with one attached hydrogen (secondary N) is 2. The number of hydrogen-bond acceptors (Lipinski definition) is 8. The van der Waals surface area contributed by atoms with Crippen molar-refractivity contribution in [3.8, 4) is 11.3 Å². The number of halogens is 1. The lowest BCUT2D eigenvalue weighted by atomic mass is 10.1. The van der Waals surface area contributed by atoms with Gasteiger partial charge in [0.1, 0.15) is 17.9 Å². The predicted molar refractivity (Wildman–Crippen MR) is 142 cm³/mol. The van der Waals surface area contributed by atoms with E-state index in [4.69, 9.17) is 16.3 Å². The van der Waals surface area contributed by atoms with Gasteiger partial charge in [-0.2, -0.15) is 5.10 Å². The third-order valence-electron chi connectivity index (χ3n) is 6.62. The van der Waals surface area contributed by atoms with E-state index < -0.39 is 23.6 Å². The molecule has 3 aromatic heterocycles. The van der Waals surface area contributed by atoms with Crippen LogP contribution < -0.4 is 16.2 Å². The summed E-state index contributed by atoms with van der Waals surface area (Å²) in [5, 5.41) is 20.6. The van der Waals surface area contributed by atoms with Crippen LogP contribution in [0.3, 0.4) is 0 Å². The van der Waals surface area contributed by atoms with Crippen molar-refractivity contribution in [2.24, 2.45) is 0 Å². The zero-order valence-corrected chi connectivity index (χ0v) is 21.5. The number of carbonyl (C=O) groups excluding carboxylic acids is 1. The van der Waals surface area contributed by atoms with Crippen molar-refractivity contribution in [1.29, 1.82) is 0 Å². The Morgan fingerprint density at radius 2 is 2.03 bits per heavy atom. The molecule has 2 atom stereocenters. The number of amides is 1. The highest BCUT2D eigenvalue weighted by Crippen LogP contribution is 2.28. The van der Waals surface area contributed by atoms with Crippen LogP contribution in [0.2, 0.25) is 5.02 Å². The van der Waals surface area contributed by atoms with Crippen molar-refractivity contribution >= 4 is 29.0 Å². The van der Waals surface area contributed by atoms with Gasteiger partial charge in [0.25, 0.3) is 5.56 Å². The summed E-state index contributed by atoms with van der Waals surface area (Å²) >= 11 is 6.42. The summed E-state index contributed by atoms with van der Waals surface area (Å²) in [4.78, 5) is 35.2. The second-order valence-electron chi connectivity index (χ2n) is 9.15. The Bertz CT molecular complexity index is 1480. The molecule has 4 heterocycles. The molecule has 11 nitrogen and oxygen atoms in total. The maximum absolute atomic E-state index is 13.3. The number of carbonyl (C=O) groups is 1. The van der Waals surface area contributed by atoms with E-state index in [1.807, 2.05) is 30.3 Å². The van der Waals surface area contributed by atoms with Crippen LogP contribution in [0.5, 0.6) is 0 Å². The third-order valence-corrected chi connectivity index (χ3v) is 6.90. The van der Waals surface area contributed by atoms with Crippen LogP contribution in [0.15, 0.2) is 59.9 Å². The first-order valence-electron chi connectivity index (χ1n) is 12.4. The molecule has 1 saturated heterocycles. The van der Waals surface area contributed by atoms with Gasteiger partial charge in [-0.05, 0) is 31.4 Å². The summed E-state index contributed by atoms with van der Waals surface area (Å²) in [7, 11) is 0. The van der Waals surface area contributed by atoms with Crippen molar-refractivity contribution in [2.75, 3.05) is 25.1 Å². The number of aliphatic hydroxyl groups is 1. The van der Waals surface area contributed by atoms with Crippen molar-refractivity contribution in [2.45, 2.75) is 37.9 Å². The first-order chi connectivity index (χ1) is 18.4. The Balaban J connectivity index is 1.39. The molecule has 0 spiro atoms. The van der Waals surface area contributed by atoms with Crippen LogP contribution in [0.4, 0.5) is 5.95 Å². The van der Waals surface area contributed by atoms with Gasteiger partial charge in [0, 0.05) is 31.0 Å². The van der Waals surface area contributed by atoms with Gasteiger partial charge < -0.3 is 20.5 Å². The van der Waals surface area contributed by atoms with E-state index in [2.05, 4.69) is 25.7 Å². The van der Waals surface area contributed by atoms with Crippen molar-refractivity contribution in [3.63, 3.8) is 0 Å². The normalized spacial score (nSPS) is 15.8. The molecule has 1 aromatic carbocycles. The summed E-state index contributed by atoms with van der Waals surface area (Å²) in [5.41, 5.74) is 1.68. The van der Waals surface area contributed by atoms with Gasteiger partial charge in [-0.1, -0.05) is 41.9 Å². The topological polar surface area (TPSA) is 136 Å². The molecule has 38 heavy (non-hydrogen) atoms. The van der Waals surface area contributed by atoms with Gasteiger partial charge in [-0.15, -0.1) is 0 Å². The highest BCUT2D eigenvalue weighted by atomic mass is 35.5. The van der Waals surface area contributed by atoms with Crippen molar-refractivity contribution in [3.05, 3.63) is 76.1 Å². The van der Waals surface area contributed by atoms with Gasteiger partial charge in [0.05, 0.1) is 29.6 Å². The van der Waals surface area contributed by atoms with Gasteiger partial charge in [-0.25, -0.2) is 14.5 Å². The lowest BCUT2D eigenvalue weighted by Crippen LogP contribution is -2.39. The van der Waals surface area contributed by atoms with Crippen LogP contribution in [0.25, 0.3) is 16.8 Å². The fourth-order valence-corrected chi connectivity index (χ4v) is 4.61. The molecule has 1 aliphatic rings. The monoisotopic (exact) mass is 537 g/mol. The summed E-state index contributed by atoms with van der Waals surface area (Å²) in [6.07, 6.45) is 6.22. The highest BCUT2D eigenvalue weighted by molar-refractivity contribution is 6.32. The molecule has 0 aliphatic carbocycles. The number of nitrogens with zero attached hydrogens (tertiary/aromatic N) is 5. The first kappa shape index (κ1) is 25.8. The number of hydrogen-bond donors (Lipinski definition) is 3. The maximum atomic E-state index is 13.3. The van der Waals surface area contributed by atoms with E-state index in [0.717, 1.165) is 18.4 Å². The molecule has 5 rings (SSSR count). The van der Waals surface area contributed by atoms with E-state index in [9.17, 15) is 14.7 Å². The zero-order chi connectivity index (χ0) is 26.6. The van der Waals surface area contributed by atoms with Gasteiger partial charge in [-0.3, -0.25) is 14.2 Å².